The maximum Gasteiger partial charge on any atom is 0.187 e. The van der Waals surface area contributed by atoms with Gasteiger partial charge < -0.3 is 169 Å². The summed E-state index contributed by atoms with van der Waals surface area (Å²) in [5.41, 5.74) is -4.54. The number of carbonyl (C=O) groups is 1. The lowest BCUT2D eigenvalue weighted by molar-refractivity contribution is -0.380. The molecule has 0 bridgehead atoms. The standard InChI is InChI=1S/C66H110O35/c1-23(9-11-36(63(4,5)89)99-61-54(100-58-51(87)45(81)39(75)30(19-69)94-58)48(84)42(78)33(97-61)22-91-57-50(86)44(80)38(74)29(18-68)93-57)24-13-14-64(6)55-27(71)15-26-25(66(55,8)34(72)16-65(24,64)7)10-12-35(62(26,2)3)98-60-53(47(83)40(76)31(20-70)95-60)101-59-52(88)46(82)41(77)32(96-59)21-90-56-49(85)43(79)37(73)28(17-67)92-56/h15,23-25,28-61,67-70,72-89H,9-14,16-22H2,1-8H3/t23-,24?,25?,28-,29-,30+,31-,32+,33-,34-,35+,36-,37-,38-,39+,40-,41+,42-,43+,44+,45-,46-,47+,48+,49-,50-,51+,52+,53-,54-,55?,56-,57-,58-,59-,60+,61+,64+,65-,66-/m1/s1. The number of allylic oxidation sites excluding steroid dienone is 1. The van der Waals surface area contributed by atoms with Crippen LogP contribution in [0, 0.1) is 45.3 Å². The highest BCUT2D eigenvalue weighted by molar-refractivity contribution is 5.95. The fourth-order valence-corrected chi connectivity index (χ4v) is 18.3. The first-order valence-corrected chi connectivity index (χ1v) is 35.0. The average Bonchev–Trinajstić information content (AvgIpc) is 1.64. The minimum atomic E-state index is -2.03. The number of aliphatic hydroxyl groups is 22. The molecule has 0 aromatic carbocycles. The van der Waals surface area contributed by atoms with Crippen LogP contribution < -0.4 is 0 Å². The van der Waals surface area contributed by atoms with Gasteiger partial charge in [-0.3, -0.25) is 4.79 Å². The van der Waals surface area contributed by atoms with E-state index in [1.165, 1.54) is 13.8 Å². The molecule has 101 heavy (non-hydrogen) atoms. The largest absolute Gasteiger partial charge is 0.394 e. The number of carbonyl (C=O) groups excluding carboxylic acids is 1. The van der Waals surface area contributed by atoms with Crippen LogP contribution in [0.2, 0.25) is 0 Å². The first kappa shape index (κ1) is 81.6. The van der Waals surface area contributed by atoms with Crippen LogP contribution in [0.25, 0.3) is 0 Å². The van der Waals surface area contributed by atoms with Crippen molar-refractivity contribution in [2.75, 3.05) is 39.6 Å². The van der Waals surface area contributed by atoms with Gasteiger partial charge in [0.1, 0.15) is 146 Å². The van der Waals surface area contributed by atoms with Crippen molar-refractivity contribution >= 4 is 5.78 Å². The minimum absolute atomic E-state index is 0.0793. The molecule has 10 aliphatic rings. The summed E-state index contributed by atoms with van der Waals surface area (Å²) in [6.07, 6.45) is -52.1. The topological polar surface area (TPSA) is 573 Å². The highest BCUT2D eigenvalue weighted by atomic mass is 16.8. The van der Waals surface area contributed by atoms with E-state index in [0.29, 0.717) is 31.3 Å². The maximum atomic E-state index is 15.4. The van der Waals surface area contributed by atoms with Crippen molar-refractivity contribution in [1.82, 2.24) is 0 Å². The molecule has 584 valence electrons. The fourth-order valence-electron chi connectivity index (χ4n) is 18.3. The van der Waals surface area contributed by atoms with E-state index >= 15 is 4.79 Å². The lowest BCUT2D eigenvalue weighted by Crippen LogP contribution is -2.67. The summed E-state index contributed by atoms with van der Waals surface area (Å²) in [5.74, 6) is -1.67. The third kappa shape index (κ3) is 14.9. The summed E-state index contributed by atoms with van der Waals surface area (Å²) >= 11 is 0. The Balaban J connectivity index is 0.840. The molecule has 6 heterocycles. The van der Waals surface area contributed by atoms with Gasteiger partial charge in [-0.05, 0) is 93.5 Å². The number of ketones is 1. The molecular weight excluding hydrogens is 1350 g/mol. The molecule has 0 spiro atoms. The van der Waals surface area contributed by atoms with Crippen molar-refractivity contribution in [2.45, 2.75) is 308 Å². The summed E-state index contributed by atoms with van der Waals surface area (Å²) in [7, 11) is 0. The number of hydrogen-bond acceptors (Lipinski definition) is 35. The van der Waals surface area contributed by atoms with Crippen molar-refractivity contribution in [2.24, 2.45) is 45.3 Å². The predicted molar refractivity (Wildman–Crippen MR) is 333 cm³/mol. The van der Waals surface area contributed by atoms with Crippen LogP contribution >= 0.6 is 0 Å². The molecule has 0 aromatic heterocycles. The van der Waals surface area contributed by atoms with Gasteiger partial charge in [-0.2, -0.15) is 0 Å². The minimum Gasteiger partial charge on any atom is -0.394 e. The van der Waals surface area contributed by atoms with Crippen LogP contribution in [0.3, 0.4) is 0 Å². The zero-order valence-corrected chi connectivity index (χ0v) is 57.8. The molecule has 9 fully saturated rings. The molecular formula is C66H110O35. The molecule has 0 aromatic rings. The van der Waals surface area contributed by atoms with Gasteiger partial charge in [-0.25, -0.2) is 0 Å². The van der Waals surface area contributed by atoms with Gasteiger partial charge in [0.15, 0.2) is 43.5 Å². The molecule has 0 amide bonds. The molecule has 6 saturated heterocycles. The molecule has 6 aliphatic heterocycles. The summed E-state index contributed by atoms with van der Waals surface area (Å²) < 4.78 is 71.3. The summed E-state index contributed by atoms with van der Waals surface area (Å²) in [6, 6.07) is 0. The predicted octanol–water partition coefficient (Wildman–Crippen LogP) is -8.40. The lowest BCUT2D eigenvalue weighted by atomic mass is 9.38. The zero-order valence-electron chi connectivity index (χ0n) is 57.8. The monoisotopic (exact) mass is 1460 g/mol. The van der Waals surface area contributed by atoms with Crippen molar-refractivity contribution in [1.29, 1.82) is 0 Å². The molecule has 3 unspecified atom stereocenters. The summed E-state index contributed by atoms with van der Waals surface area (Å²) in [4.78, 5) is 15.4. The van der Waals surface area contributed by atoms with Crippen LogP contribution in [0.5, 0.6) is 0 Å². The molecule has 3 saturated carbocycles. The lowest BCUT2D eigenvalue weighted by Gasteiger charge is -2.66. The number of aliphatic hydroxyl groups excluding tert-OH is 21. The van der Waals surface area contributed by atoms with Gasteiger partial charge >= 0.3 is 0 Å². The molecule has 35 nitrogen and oxygen atoms in total. The second-order valence-electron chi connectivity index (χ2n) is 31.5. The number of hydrogen-bond donors (Lipinski definition) is 22. The van der Waals surface area contributed by atoms with Gasteiger partial charge in [-0.1, -0.05) is 47.1 Å². The molecule has 22 N–H and O–H groups in total. The van der Waals surface area contributed by atoms with Crippen molar-refractivity contribution in [3.05, 3.63) is 11.6 Å². The van der Waals surface area contributed by atoms with Crippen LogP contribution in [0.15, 0.2) is 11.6 Å². The van der Waals surface area contributed by atoms with E-state index in [9.17, 15) is 112 Å². The average molecular weight is 1460 g/mol. The van der Waals surface area contributed by atoms with Gasteiger partial charge in [0.25, 0.3) is 0 Å². The zero-order chi connectivity index (χ0) is 74.4. The maximum absolute atomic E-state index is 15.4. The van der Waals surface area contributed by atoms with Gasteiger partial charge in [0.05, 0.1) is 63.6 Å². The Bertz CT molecular complexity index is 2760. The number of ether oxygens (including phenoxy) is 12. The Morgan fingerprint density at radius 3 is 1.34 bits per heavy atom. The van der Waals surface area contributed by atoms with Crippen molar-refractivity contribution in [3.8, 4) is 0 Å². The normalized spacial score (nSPS) is 51.7. The summed E-state index contributed by atoms with van der Waals surface area (Å²) in [6.45, 7) is 10.2. The van der Waals surface area contributed by atoms with Gasteiger partial charge in [0.2, 0.25) is 0 Å². The third-order valence-corrected chi connectivity index (χ3v) is 24.7. The number of rotatable bonds is 23. The van der Waals surface area contributed by atoms with E-state index < -0.39 is 281 Å². The molecule has 10 rings (SSSR count). The van der Waals surface area contributed by atoms with E-state index in [0.717, 1.165) is 0 Å². The van der Waals surface area contributed by atoms with E-state index in [4.69, 9.17) is 56.8 Å². The van der Waals surface area contributed by atoms with E-state index in [1.54, 1.807) is 6.08 Å². The van der Waals surface area contributed by atoms with Crippen molar-refractivity contribution in [3.63, 3.8) is 0 Å². The first-order valence-electron chi connectivity index (χ1n) is 35.0. The van der Waals surface area contributed by atoms with Crippen LogP contribution in [-0.2, 0) is 61.6 Å². The Hall–Kier alpha value is -1.95. The van der Waals surface area contributed by atoms with Crippen LogP contribution in [0.4, 0.5) is 0 Å². The Morgan fingerprint density at radius 1 is 0.475 bits per heavy atom. The third-order valence-electron chi connectivity index (χ3n) is 24.7. The summed E-state index contributed by atoms with van der Waals surface area (Å²) in [5, 5.41) is 239. The highest BCUT2D eigenvalue weighted by Gasteiger charge is 2.73. The highest BCUT2D eigenvalue weighted by Crippen LogP contribution is 2.74. The quantitative estimate of drug-likeness (QED) is 0.0452. The Morgan fingerprint density at radius 2 is 0.871 bits per heavy atom. The van der Waals surface area contributed by atoms with E-state index in [1.807, 2.05) is 27.7 Å². The Labute approximate surface area is 583 Å². The van der Waals surface area contributed by atoms with Crippen LogP contribution in [-0.4, -0.2) is 366 Å². The SMILES string of the molecule is C[C@H](CC[C@@H](O[C@@H]1O[C@H](CO[C@@H]2O[C@H](CO)[C@@H](O)[C@H](O)[C@H]2O)[C@@H](O)[C@H](O)[C@H]1O[C@H]1O[C@@H](CO)[C@H](O)[C@@H](O)[C@@H]1O)C(C)(C)O)C1CC[C@@]2(C)C3C(=O)C=C4C(CC[C@H](O[C@@H]5O[C@H](CO)[C@@H](O)[C@H](O)[C@H]5O[C@H]5O[C@@H](CO[C@@H]6O[C@H](CO)[C@@H](O)[C@H](O)[C@H]6O)[C@H](O)[C@@H](O)[C@@H]5O)C4(C)C)[C@]3(C)[C@H](O)C[C@]12C. The molecule has 35 heteroatoms. The van der Waals surface area contributed by atoms with Crippen LogP contribution in [0.1, 0.15) is 100 Å². The second-order valence-corrected chi connectivity index (χ2v) is 31.5. The molecule has 4 aliphatic carbocycles. The van der Waals surface area contributed by atoms with Crippen molar-refractivity contribution < 1.29 is 174 Å². The van der Waals surface area contributed by atoms with E-state index in [2.05, 4.69) is 13.8 Å². The fraction of sp³-hybridized carbons (Fsp3) is 0.955. The Kier molecular flexibility index (Phi) is 25.5. The second kappa shape index (κ2) is 31.6. The molecule has 0 radical (unpaired) electrons. The number of fused-ring (bicyclic) bond motifs is 5. The van der Waals surface area contributed by atoms with Gasteiger partial charge in [-0.15, -0.1) is 0 Å². The van der Waals surface area contributed by atoms with E-state index in [-0.39, 0.29) is 36.9 Å². The van der Waals surface area contributed by atoms with Gasteiger partial charge in [0, 0.05) is 16.7 Å². The smallest absolute Gasteiger partial charge is 0.187 e. The first-order chi connectivity index (χ1) is 47.3. The molecule has 40 atom stereocenters.